The van der Waals surface area contributed by atoms with Crippen molar-refractivity contribution in [1.29, 1.82) is 0 Å². The SMILES string of the molecule is CC1=C(OCc2ccc(F)cc2)N(C)CC(C(C)N2Cc3c(ccnc3C(=O)NCCO)C2=O)=C1. The lowest BCUT2D eigenvalue weighted by atomic mass is 10.0. The quantitative estimate of drug-likeness (QED) is 0.603. The zero-order valence-electron chi connectivity index (χ0n) is 20.0. The van der Waals surface area contributed by atoms with E-state index in [-0.39, 0.29) is 43.2 Å². The van der Waals surface area contributed by atoms with Gasteiger partial charge in [-0.1, -0.05) is 18.2 Å². The maximum absolute atomic E-state index is 13.2. The van der Waals surface area contributed by atoms with Crippen LogP contribution in [0.2, 0.25) is 0 Å². The first kappa shape index (κ1) is 24.4. The minimum atomic E-state index is -0.406. The van der Waals surface area contributed by atoms with Gasteiger partial charge in [0.25, 0.3) is 11.8 Å². The van der Waals surface area contributed by atoms with Crippen LogP contribution in [-0.4, -0.2) is 64.5 Å². The number of pyridine rings is 1. The van der Waals surface area contributed by atoms with E-state index in [0.29, 0.717) is 24.3 Å². The first-order valence-corrected chi connectivity index (χ1v) is 11.5. The normalized spacial score (nSPS) is 16.3. The van der Waals surface area contributed by atoms with Crippen molar-refractivity contribution in [1.82, 2.24) is 20.1 Å². The number of fused-ring (bicyclic) bond motifs is 1. The van der Waals surface area contributed by atoms with Crippen LogP contribution in [-0.2, 0) is 17.9 Å². The van der Waals surface area contributed by atoms with Crippen LogP contribution in [0.15, 0.2) is 59.6 Å². The zero-order chi connectivity index (χ0) is 25.1. The van der Waals surface area contributed by atoms with Crippen molar-refractivity contribution in [2.45, 2.75) is 33.0 Å². The van der Waals surface area contributed by atoms with E-state index < -0.39 is 5.91 Å². The van der Waals surface area contributed by atoms with Crippen molar-refractivity contribution in [3.05, 3.63) is 87.8 Å². The van der Waals surface area contributed by atoms with Crippen molar-refractivity contribution in [3.8, 4) is 0 Å². The van der Waals surface area contributed by atoms with E-state index in [2.05, 4.69) is 10.3 Å². The summed E-state index contributed by atoms with van der Waals surface area (Å²) in [4.78, 5) is 33.6. The molecule has 2 N–H and O–H groups in total. The number of carbonyl (C=O) groups excluding carboxylic acids is 2. The second-order valence-corrected chi connectivity index (χ2v) is 8.75. The molecule has 35 heavy (non-hydrogen) atoms. The molecule has 1 unspecified atom stereocenters. The Balaban J connectivity index is 1.50. The van der Waals surface area contributed by atoms with E-state index in [1.807, 2.05) is 31.9 Å². The van der Waals surface area contributed by atoms with Crippen LogP contribution >= 0.6 is 0 Å². The Morgan fingerprint density at radius 1 is 1.26 bits per heavy atom. The summed E-state index contributed by atoms with van der Waals surface area (Å²) in [5.41, 5.74) is 4.12. The van der Waals surface area contributed by atoms with Gasteiger partial charge >= 0.3 is 0 Å². The molecule has 0 bridgehead atoms. The van der Waals surface area contributed by atoms with Crippen LogP contribution in [0.25, 0.3) is 0 Å². The molecule has 0 saturated heterocycles. The summed E-state index contributed by atoms with van der Waals surface area (Å²) in [6.45, 7) is 5.05. The third kappa shape index (κ3) is 5.05. The van der Waals surface area contributed by atoms with Crippen molar-refractivity contribution >= 4 is 11.8 Å². The number of likely N-dealkylation sites (N-methyl/N-ethyl adjacent to an activating group) is 1. The van der Waals surface area contributed by atoms with Gasteiger partial charge in [0, 0.05) is 49.6 Å². The maximum atomic E-state index is 13.2. The third-order valence-corrected chi connectivity index (χ3v) is 6.29. The highest BCUT2D eigenvalue weighted by atomic mass is 19.1. The minimum Gasteiger partial charge on any atom is -0.474 e. The molecule has 1 aromatic carbocycles. The topological polar surface area (TPSA) is 95.0 Å². The van der Waals surface area contributed by atoms with E-state index in [0.717, 1.165) is 22.6 Å². The van der Waals surface area contributed by atoms with Gasteiger partial charge in [-0.25, -0.2) is 4.39 Å². The smallest absolute Gasteiger partial charge is 0.270 e. The molecule has 2 amide bonds. The maximum Gasteiger partial charge on any atom is 0.270 e. The first-order chi connectivity index (χ1) is 16.8. The average Bonchev–Trinajstić information content (AvgIpc) is 3.19. The summed E-state index contributed by atoms with van der Waals surface area (Å²) in [7, 11) is 1.93. The number of nitrogens with zero attached hydrogens (tertiary/aromatic N) is 3. The van der Waals surface area contributed by atoms with Crippen LogP contribution in [0.5, 0.6) is 0 Å². The third-order valence-electron chi connectivity index (χ3n) is 6.29. The lowest BCUT2D eigenvalue weighted by Gasteiger charge is -2.34. The van der Waals surface area contributed by atoms with Crippen molar-refractivity contribution in [2.75, 3.05) is 26.7 Å². The van der Waals surface area contributed by atoms with E-state index in [1.165, 1.54) is 18.3 Å². The van der Waals surface area contributed by atoms with Gasteiger partial charge in [-0.2, -0.15) is 0 Å². The molecule has 3 heterocycles. The molecule has 0 fully saturated rings. The Labute approximate surface area is 203 Å². The highest BCUT2D eigenvalue weighted by Crippen LogP contribution is 2.31. The van der Waals surface area contributed by atoms with Gasteiger partial charge in [0.2, 0.25) is 0 Å². The van der Waals surface area contributed by atoms with Gasteiger partial charge in [0.1, 0.15) is 18.1 Å². The number of hydrogen-bond acceptors (Lipinski definition) is 6. The Bertz CT molecular complexity index is 1190. The van der Waals surface area contributed by atoms with Gasteiger partial charge in [-0.05, 0) is 43.2 Å². The molecule has 0 saturated carbocycles. The molecule has 9 heteroatoms. The van der Waals surface area contributed by atoms with Crippen molar-refractivity contribution in [3.63, 3.8) is 0 Å². The van der Waals surface area contributed by atoms with Gasteiger partial charge < -0.3 is 25.0 Å². The number of ether oxygens (including phenoxy) is 1. The number of halogens is 1. The molecular weight excluding hydrogens is 451 g/mol. The summed E-state index contributed by atoms with van der Waals surface area (Å²) >= 11 is 0. The van der Waals surface area contributed by atoms with Gasteiger partial charge in [0.15, 0.2) is 5.88 Å². The molecule has 2 aliphatic heterocycles. The molecule has 1 atom stereocenters. The number of aliphatic hydroxyl groups excluding tert-OH is 1. The zero-order valence-corrected chi connectivity index (χ0v) is 20.0. The number of aromatic nitrogens is 1. The lowest BCUT2D eigenvalue weighted by molar-refractivity contribution is 0.0726. The molecule has 0 spiro atoms. The summed E-state index contributed by atoms with van der Waals surface area (Å²) in [5, 5.41) is 11.6. The number of benzene rings is 1. The monoisotopic (exact) mass is 480 g/mol. The molecular formula is C26H29FN4O4. The number of nitrogens with one attached hydrogen (secondary N) is 1. The summed E-state index contributed by atoms with van der Waals surface area (Å²) in [6, 6.07) is 7.64. The largest absolute Gasteiger partial charge is 0.474 e. The van der Waals surface area contributed by atoms with Gasteiger partial charge in [-0.3, -0.25) is 14.6 Å². The van der Waals surface area contributed by atoms with Crippen LogP contribution in [0.1, 0.15) is 45.8 Å². The minimum absolute atomic E-state index is 0.120. The summed E-state index contributed by atoms with van der Waals surface area (Å²) in [5.74, 6) is -0.104. The number of carbonyl (C=O) groups is 2. The van der Waals surface area contributed by atoms with Gasteiger partial charge in [0.05, 0.1) is 12.6 Å². The molecule has 0 aliphatic carbocycles. The van der Waals surface area contributed by atoms with Crippen LogP contribution in [0.4, 0.5) is 4.39 Å². The van der Waals surface area contributed by atoms with E-state index >= 15 is 0 Å². The van der Waals surface area contributed by atoms with Crippen LogP contribution < -0.4 is 5.32 Å². The second-order valence-electron chi connectivity index (χ2n) is 8.75. The Morgan fingerprint density at radius 3 is 2.69 bits per heavy atom. The Morgan fingerprint density at radius 2 is 2.00 bits per heavy atom. The van der Waals surface area contributed by atoms with Gasteiger partial charge in [-0.15, -0.1) is 0 Å². The van der Waals surface area contributed by atoms with Crippen LogP contribution in [0.3, 0.4) is 0 Å². The second kappa shape index (κ2) is 10.3. The summed E-state index contributed by atoms with van der Waals surface area (Å²) in [6.07, 6.45) is 3.50. The molecule has 4 rings (SSSR count). The first-order valence-electron chi connectivity index (χ1n) is 11.5. The Kier molecular flexibility index (Phi) is 7.16. The number of allylic oxidation sites excluding steroid dienone is 2. The summed E-state index contributed by atoms with van der Waals surface area (Å²) < 4.78 is 19.2. The highest BCUT2D eigenvalue weighted by Gasteiger charge is 2.36. The molecule has 184 valence electrons. The number of amides is 2. The molecule has 2 aliphatic rings. The standard InChI is InChI=1S/C26H29FN4O4/c1-16-12-19(13-30(3)26(16)35-15-18-4-6-20(27)7-5-18)17(2)31-14-22-21(25(31)34)8-9-28-23(22)24(33)29-10-11-32/h4-9,12,17,32H,10-11,13-15H2,1-3H3,(H,29,33). The molecule has 0 radical (unpaired) electrons. The predicted molar refractivity (Wildman–Crippen MR) is 128 cm³/mol. The fourth-order valence-corrected chi connectivity index (χ4v) is 4.45. The number of aliphatic hydroxyl groups is 1. The van der Waals surface area contributed by atoms with E-state index in [4.69, 9.17) is 9.84 Å². The van der Waals surface area contributed by atoms with E-state index in [9.17, 15) is 14.0 Å². The number of hydrogen-bond donors (Lipinski definition) is 2. The fourth-order valence-electron chi connectivity index (χ4n) is 4.45. The highest BCUT2D eigenvalue weighted by molar-refractivity contribution is 6.03. The molecule has 2 aromatic rings. The average molecular weight is 481 g/mol. The molecule has 8 nitrogen and oxygen atoms in total. The van der Waals surface area contributed by atoms with E-state index in [1.54, 1.807) is 23.1 Å². The Hall–Kier alpha value is -3.72. The fraction of sp³-hybridized carbons (Fsp3) is 0.346. The predicted octanol–water partition coefficient (Wildman–Crippen LogP) is 2.61. The van der Waals surface area contributed by atoms with Crippen molar-refractivity contribution in [2.24, 2.45) is 0 Å². The molecule has 1 aromatic heterocycles. The number of rotatable bonds is 8. The lowest BCUT2D eigenvalue weighted by Crippen LogP contribution is -2.39. The van der Waals surface area contributed by atoms with Crippen LogP contribution in [0, 0.1) is 5.82 Å². The van der Waals surface area contributed by atoms with Crippen molar-refractivity contribution < 1.29 is 23.8 Å².